The molecule has 104 valence electrons. The molecular weight excluding hydrogens is 286 g/mol. The maximum absolute atomic E-state index is 13.2. The molecule has 0 unspecified atom stereocenters. The molecule has 0 saturated carbocycles. The van der Waals surface area contributed by atoms with Gasteiger partial charge in [-0.15, -0.1) is 5.10 Å². The zero-order valence-corrected chi connectivity index (χ0v) is 10.6. The zero-order valence-electron chi connectivity index (χ0n) is 9.88. The molecule has 19 heavy (non-hydrogen) atoms. The van der Waals surface area contributed by atoms with Crippen LogP contribution in [0.1, 0.15) is 24.7 Å². The van der Waals surface area contributed by atoms with Gasteiger partial charge in [-0.2, -0.15) is 8.78 Å². The van der Waals surface area contributed by atoms with Crippen LogP contribution in [0.5, 0.6) is 0 Å². The highest BCUT2D eigenvalue weighted by Crippen LogP contribution is 2.33. The topological polar surface area (TPSA) is 30.2 Å². The molecule has 0 amide bonds. The van der Waals surface area contributed by atoms with Crippen molar-refractivity contribution in [2.75, 3.05) is 0 Å². The number of rotatable bonds is 4. The number of pyridine rings is 1. The second kappa shape index (κ2) is 4.96. The number of hydrogen-bond donors (Lipinski definition) is 0. The Morgan fingerprint density at radius 3 is 2.63 bits per heavy atom. The molecular formula is C11H10ClF4N3. The van der Waals surface area contributed by atoms with E-state index in [1.807, 2.05) is 6.92 Å². The molecule has 2 aromatic rings. The molecule has 0 aliphatic heterocycles. The standard InChI is InChI=1S/C11H10ClF4N3/c1-2-3-6-4-7(12)19-8(5-6)17-10(18-19)11(15,16)9(13)14/h4-5,9H,2-3H2,1H3. The molecule has 2 heterocycles. The summed E-state index contributed by atoms with van der Waals surface area (Å²) in [7, 11) is 0. The summed E-state index contributed by atoms with van der Waals surface area (Å²) in [6.07, 6.45) is -2.34. The van der Waals surface area contributed by atoms with Gasteiger partial charge < -0.3 is 0 Å². The Morgan fingerprint density at radius 1 is 1.37 bits per heavy atom. The summed E-state index contributed by atoms with van der Waals surface area (Å²) in [6.45, 7) is 1.94. The van der Waals surface area contributed by atoms with Gasteiger partial charge in [0, 0.05) is 0 Å². The highest BCUT2D eigenvalue weighted by molar-refractivity contribution is 6.29. The van der Waals surface area contributed by atoms with Crippen LogP contribution in [0.3, 0.4) is 0 Å². The first-order chi connectivity index (χ1) is 8.86. The van der Waals surface area contributed by atoms with E-state index in [4.69, 9.17) is 11.6 Å². The molecule has 2 rings (SSSR count). The van der Waals surface area contributed by atoms with E-state index in [9.17, 15) is 17.6 Å². The third-order valence-corrected chi connectivity index (χ3v) is 2.83. The van der Waals surface area contributed by atoms with Crippen LogP contribution in [0.4, 0.5) is 17.6 Å². The summed E-state index contributed by atoms with van der Waals surface area (Å²) in [6, 6.07) is 3.06. The van der Waals surface area contributed by atoms with Crippen molar-refractivity contribution < 1.29 is 17.6 Å². The van der Waals surface area contributed by atoms with Crippen LogP contribution in [0.15, 0.2) is 12.1 Å². The largest absolute Gasteiger partial charge is 0.367 e. The minimum Gasteiger partial charge on any atom is -0.206 e. The SMILES string of the molecule is CCCc1cc(Cl)n2nc(C(F)(F)C(F)F)nc2c1. The zero-order chi connectivity index (χ0) is 14.2. The van der Waals surface area contributed by atoms with E-state index in [1.54, 1.807) is 6.07 Å². The van der Waals surface area contributed by atoms with Crippen LogP contribution in [-0.4, -0.2) is 21.0 Å². The first kappa shape index (κ1) is 14.0. The van der Waals surface area contributed by atoms with Crippen molar-refractivity contribution in [3.63, 3.8) is 0 Å². The van der Waals surface area contributed by atoms with Crippen molar-refractivity contribution in [1.29, 1.82) is 0 Å². The fourth-order valence-electron chi connectivity index (χ4n) is 1.67. The van der Waals surface area contributed by atoms with Crippen molar-refractivity contribution >= 4 is 17.2 Å². The Bertz CT molecular complexity index is 597. The Hall–Kier alpha value is -1.37. The summed E-state index contributed by atoms with van der Waals surface area (Å²) < 4.78 is 51.8. The van der Waals surface area contributed by atoms with Crippen molar-refractivity contribution in [1.82, 2.24) is 14.6 Å². The minimum absolute atomic E-state index is 0.0336. The fourth-order valence-corrected chi connectivity index (χ4v) is 1.93. The number of nitrogens with zero attached hydrogens (tertiary/aromatic N) is 3. The maximum Gasteiger partial charge on any atom is 0.367 e. The molecule has 3 nitrogen and oxygen atoms in total. The molecule has 0 saturated heterocycles. The van der Waals surface area contributed by atoms with E-state index in [-0.39, 0.29) is 10.8 Å². The minimum atomic E-state index is -4.39. The molecule has 0 atom stereocenters. The van der Waals surface area contributed by atoms with Gasteiger partial charge in [-0.25, -0.2) is 18.3 Å². The van der Waals surface area contributed by atoms with Crippen LogP contribution in [0.25, 0.3) is 5.65 Å². The molecule has 0 bridgehead atoms. The lowest BCUT2D eigenvalue weighted by molar-refractivity contribution is -0.140. The fraction of sp³-hybridized carbons (Fsp3) is 0.455. The number of aromatic nitrogens is 3. The molecule has 0 aliphatic carbocycles. The molecule has 0 spiro atoms. The van der Waals surface area contributed by atoms with Gasteiger partial charge in [-0.1, -0.05) is 24.9 Å². The Balaban J connectivity index is 2.54. The van der Waals surface area contributed by atoms with Crippen LogP contribution < -0.4 is 0 Å². The van der Waals surface area contributed by atoms with Crippen LogP contribution in [-0.2, 0) is 12.3 Å². The van der Waals surface area contributed by atoms with E-state index in [0.29, 0.717) is 6.42 Å². The van der Waals surface area contributed by atoms with E-state index in [0.717, 1.165) is 16.5 Å². The molecule has 0 N–H and O–H groups in total. The van der Waals surface area contributed by atoms with Gasteiger partial charge in [0.1, 0.15) is 5.15 Å². The number of fused-ring (bicyclic) bond motifs is 1. The molecule has 2 aromatic heterocycles. The van der Waals surface area contributed by atoms with Gasteiger partial charge in [0.2, 0.25) is 5.82 Å². The Morgan fingerprint density at radius 2 is 2.05 bits per heavy atom. The summed E-state index contributed by atoms with van der Waals surface area (Å²) in [5, 5.41) is 3.41. The third kappa shape index (κ3) is 2.51. The molecule has 0 radical (unpaired) electrons. The van der Waals surface area contributed by atoms with Gasteiger partial charge >= 0.3 is 12.3 Å². The normalized spacial score (nSPS) is 12.6. The summed E-state index contributed by atoms with van der Waals surface area (Å²) >= 11 is 5.87. The predicted molar refractivity (Wildman–Crippen MR) is 61.9 cm³/mol. The highest BCUT2D eigenvalue weighted by Gasteiger charge is 2.47. The number of aryl methyl sites for hydroxylation is 1. The summed E-state index contributed by atoms with van der Waals surface area (Å²) in [5.41, 5.74) is 0.825. The highest BCUT2D eigenvalue weighted by atomic mass is 35.5. The second-order valence-corrected chi connectivity index (χ2v) is 4.45. The smallest absolute Gasteiger partial charge is 0.206 e. The van der Waals surface area contributed by atoms with Crippen LogP contribution in [0, 0.1) is 0 Å². The lowest BCUT2D eigenvalue weighted by atomic mass is 10.1. The lowest BCUT2D eigenvalue weighted by Crippen LogP contribution is -2.25. The average molecular weight is 296 g/mol. The average Bonchev–Trinajstić information content (AvgIpc) is 2.74. The van der Waals surface area contributed by atoms with E-state index < -0.39 is 18.2 Å². The van der Waals surface area contributed by atoms with Gasteiger partial charge in [-0.3, -0.25) is 0 Å². The Kier molecular flexibility index (Phi) is 3.66. The van der Waals surface area contributed by atoms with E-state index in [1.165, 1.54) is 6.07 Å². The number of hydrogen-bond acceptors (Lipinski definition) is 2. The number of halogens is 5. The van der Waals surface area contributed by atoms with Gasteiger partial charge in [0.15, 0.2) is 5.65 Å². The molecule has 0 aromatic carbocycles. The number of alkyl halides is 4. The third-order valence-electron chi connectivity index (χ3n) is 2.56. The van der Waals surface area contributed by atoms with Crippen molar-refractivity contribution in [2.24, 2.45) is 0 Å². The second-order valence-electron chi connectivity index (χ2n) is 4.07. The first-order valence-corrected chi connectivity index (χ1v) is 5.95. The predicted octanol–water partition coefficient (Wildman–Crippen LogP) is 3.69. The Labute approximate surface area is 111 Å². The quantitative estimate of drug-likeness (QED) is 0.636. The molecule has 0 aliphatic rings. The van der Waals surface area contributed by atoms with Crippen LogP contribution >= 0.6 is 11.6 Å². The van der Waals surface area contributed by atoms with Crippen molar-refractivity contribution in [3.05, 3.63) is 28.7 Å². The van der Waals surface area contributed by atoms with Gasteiger partial charge in [0.25, 0.3) is 0 Å². The molecule has 0 fully saturated rings. The summed E-state index contributed by atoms with van der Waals surface area (Å²) in [4.78, 5) is 3.45. The molecule has 8 heteroatoms. The van der Waals surface area contributed by atoms with E-state index >= 15 is 0 Å². The van der Waals surface area contributed by atoms with Gasteiger partial charge in [0.05, 0.1) is 0 Å². The van der Waals surface area contributed by atoms with Gasteiger partial charge in [-0.05, 0) is 24.1 Å². The van der Waals surface area contributed by atoms with Crippen molar-refractivity contribution in [3.8, 4) is 0 Å². The lowest BCUT2D eigenvalue weighted by Gasteiger charge is -2.09. The van der Waals surface area contributed by atoms with E-state index in [2.05, 4.69) is 10.1 Å². The summed E-state index contributed by atoms with van der Waals surface area (Å²) in [5.74, 6) is -5.61. The van der Waals surface area contributed by atoms with Crippen LogP contribution in [0.2, 0.25) is 5.15 Å². The first-order valence-electron chi connectivity index (χ1n) is 5.58. The maximum atomic E-state index is 13.2. The van der Waals surface area contributed by atoms with Crippen molar-refractivity contribution in [2.45, 2.75) is 32.1 Å². The monoisotopic (exact) mass is 295 g/mol.